The summed E-state index contributed by atoms with van der Waals surface area (Å²) < 4.78 is 0. The second-order valence-corrected chi connectivity index (χ2v) is 6.15. The molecule has 4 nitrogen and oxygen atoms in total. The standard InChI is InChI=1S/C23H15NO3/c25-21(17-6-2-1-3-7-17)15-12-16-10-13-18(14-11-16)24-22(26)19-8-4-5-9-20(19)23(24)27/h1-15H/b15-12-. The summed E-state index contributed by atoms with van der Waals surface area (Å²) in [7, 11) is 0. The van der Waals surface area contributed by atoms with E-state index in [2.05, 4.69) is 0 Å². The summed E-state index contributed by atoms with van der Waals surface area (Å²) in [6.07, 6.45) is 3.22. The second kappa shape index (κ2) is 6.84. The van der Waals surface area contributed by atoms with E-state index in [0.717, 1.165) is 5.56 Å². The van der Waals surface area contributed by atoms with Crippen LogP contribution in [0.25, 0.3) is 6.08 Å². The van der Waals surface area contributed by atoms with Gasteiger partial charge in [-0.05, 0) is 35.9 Å². The number of carbonyl (C=O) groups is 3. The molecule has 0 aromatic heterocycles. The van der Waals surface area contributed by atoms with Gasteiger partial charge in [0.25, 0.3) is 11.8 Å². The highest BCUT2D eigenvalue weighted by atomic mass is 16.2. The molecule has 0 aliphatic carbocycles. The lowest BCUT2D eigenvalue weighted by molar-refractivity contribution is 0.0925. The monoisotopic (exact) mass is 353 g/mol. The lowest BCUT2D eigenvalue weighted by Crippen LogP contribution is -2.29. The van der Waals surface area contributed by atoms with Crippen LogP contribution >= 0.6 is 0 Å². The predicted octanol–water partition coefficient (Wildman–Crippen LogP) is 4.38. The van der Waals surface area contributed by atoms with Crippen molar-refractivity contribution in [2.24, 2.45) is 0 Å². The summed E-state index contributed by atoms with van der Waals surface area (Å²) in [4.78, 5) is 38.3. The van der Waals surface area contributed by atoms with Gasteiger partial charge in [0.05, 0.1) is 16.8 Å². The maximum absolute atomic E-state index is 12.5. The van der Waals surface area contributed by atoms with Crippen molar-refractivity contribution in [2.45, 2.75) is 0 Å². The number of amides is 2. The fourth-order valence-corrected chi connectivity index (χ4v) is 3.03. The molecule has 0 fully saturated rings. The number of benzene rings is 3. The molecule has 1 aliphatic rings. The summed E-state index contributed by atoms with van der Waals surface area (Å²) in [5.74, 6) is -0.726. The molecule has 0 spiro atoms. The molecule has 4 rings (SSSR count). The van der Waals surface area contributed by atoms with Crippen LogP contribution in [0.15, 0.2) is 84.9 Å². The molecular formula is C23H15NO3. The van der Waals surface area contributed by atoms with Gasteiger partial charge >= 0.3 is 0 Å². The molecule has 27 heavy (non-hydrogen) atoms. The summed E-state index contributed by atoms with van der Waals surface area (Å²) in [5.41, 5.74) is 2.77. The van der Waals surface area contributed by atoms with Gasteiger partial charge < -0.3 is 0 Å². The zero-order valence-corrected chi connectivity index (χ0v) is 14.3. The van der Waals surface area contributed by atoms with Crippen LogP contribution in [0.1, 0.15) is 36.6 Å². The highest BCUT2D eigenvalue weighted by molar-refractivity contribution is 6.34. The Bertz CT molecular complexity index is 1030. The van der Waals surface area contributed by atoms with Crippen LogP contribution < -0.4 is 4.90 Å². The highest BCUT2D eigenvalue weighted by Crippen LogP contribution is 2.28. The van der Waals surface area contributed by atoms with Gasteiger partial charge in [-0.25, -0.2) is 4.90 Å². The van der Waals surface area contributed by atoms with Gasteiger partial charge in [0.15, 0.2) is 5.78 Å². The van der Waals surface area contributed by atoms with Crippen molar-refractivity contribution >= 4 is 29.4 Å². The first-order chi connectivity index (χ1) is 13.1. The number of imide groups is 1. The van der Waals surface area contributed by atoms with E-state index < -0.39 is 0 Å². The number of rotatable bonds is 4. The fraction of sp³-hybridized carbons (Fsp3) is 0. The van der Waals surface area contributed by atoms with Crippen molar-refractivity contribution in [3.63, 3.8) is 0 Å². The number of nitrogens with zero attached hydrogens (tertiary/aromatic N) is 1. The normalized spacial score (nSPS) is 13.3. The topological polar surface area (TPSA) is 54.5 Å². The largest absolute Gasteiger partial charge is 0.289 e. The van der Waals surface area contributed by atoms with Gasteiger partial charge in [0.1, 0.15) is 0 Å². The molecule has 1 aliphatic heterocycles. The van der Waals surface area contributed by atoms with E-state index in [1.807, 2.05) is 18.2 Å². The molecule has 3 aromatic carbocycles. The van der Waals surface area contributed by atoms with E-state index in [1.54, 1.807) is 66.7 Å². The van der Waals surface area contributed by atoms with Gasteiger partial charge in [0, 0.05) is 5.56 Å². The van der Waals surface area contributed by atoms with Gasteiger partial charge in [-0.3, -0.25) is 14.4 Å². The highest BCUT2D eigenvalue weighted by Gasteiger charge is 2.36. The molecule has 1 heterocycles. The van der Waals surface area contributed by atoms with Gasteiger partial charge in [-0.2, -0.15) is 0 Å². The molecule has 130 valence electrons. The first kappa shape index (κ1) is 16.7. The predicted molar refractivity (Wildman–Crippen MR) is 104 cm³/mol. The second-order valence-electron chi connectivity index (χ2n) is 6.15. The summed E-state index contributed by atoms with van der Waals surface area (Å²) in [5, 5.41) is 0. The van der Waals surface area contributed by atoms with Crippen LogP contribution in [-0.2, 0) is 0 Å². The Balaban J connectivity index is 1.53. The molecule has 0 saturated carbocycles. The van der Waals surface area contributed by atoms with Crippen LogP contribution in [0, 0.1) is 0 Å². The molecule has 0 saturated heterocycles. The van der Waals surface area contributed by atoms with Crippen molar-refractivity contribution in [1.82, 2.24) is 0 Å². The third-order valence-electron chi connectivity index (χ3n) is 4.43. The number of anilines is 1. The molecule has 0 N–H and O–H groups in total. The van der Waals surface area contributed by atoms with E-state index in [0.29, 0.717) is 22.4 Å². The Morgan fingerprint density at radius 3 is 1.85 bits per heavy atom. The minimum atomic E-state index is -0.321. The first-order valence-electron chi connectivity index (χ1n) is 8.50. The third-order valence-corrected chi connectivity index (χ3v) is 4.43. The van der Waals surface area contributed by atoms with Gasteiger partial charge in [-0.15, -0.1) is 0 Å². The van der Waals surface area contributed by atoms with Crippen LogP contribution in [-0.4, -0.2) is 17.6 Å². The fourth-order valence-electron chi connectivity index (χ4n) is 3.03. The van der Waals surface area contributed by atoms with Crippen LogP contribution in [0.2, 0.25) is 0 Å². The Morgan fingerprint density at radius 1 is 0.704 bits per heavy atom. The quantitative estimate of drug-likeness (QED) is 0.397. The van der Waals surface area contributed by atoms with Crippen molar-refractivity contribution < 1.29 is 14.4 Å². The van der Waals surface area contributed by atoms with E-state index in [1.165, 1.54) is 11.0 Å². The number of carbonyl (C=O) groups excluding carboxylic acids is 3. The van der Waals surface area contributed by atoms with Crippen molar-refractivity contribution in [3.8, 4) is 0 Å². The van der Waals surface area contributed by atoms with Crippen LogP contribution in [0.4, 0.5) is 5.69 Å². The molecule has 0 radical (unpaired) electrons. The zero-order chi connectivity index (χ0) is 18.8. The summed E-state index contributed by atoms with van der Waals surface area (Å²) >= 11 is 0. The van der Waals surface area contributed by atoms with Gasteiger partial charge in [-0.1, -0.05) is 60.7 Å². The molecule has 4 heteroatoms. The number of allylic oxidation sites excluding steroid dienone is 1. The molecule has 0 bridgehead atoms. The Hall–Kier alpha value is -3.79. The Labute approximate surface area is 156 Å². The number of ketones is 1. The number of hydrogen-bond acceptors (Lipinski definition) is 3. The minimum absolute atomic E-state index is 0.0833. The first-order valence-corrected chi connectivity index (χ1v) is 8.50. The lowest BCUT2D eigenvalue weighted by Gasteiger charge is -2.13. The molecule has 3 aromatic rings. The van der Waals surface area contributed by atoms with E-state index in [9.17, 15) is 14.4 Å². The van der Waals surface area contributed by atoms with E-state index in [4.69, 9.17) is 0 Å². The zero-order valence-electron chi connectivity index (χ0n) is 14.3. The van der Waals surface area contributed by atoms with Crippen molar-refractivity contribution in [2.75, 3.05) is 4.90 Å². The third kappa shape index (κ3) is 3.09. The van der Waals surface area contributed by atoms with Crippen LogP contribution in [0.3, 0.4) is 0 Å². The Kier molecular flexibility index (Phi) is 4.22. The number of hydrogen-bond donors (Lipinski definition) is 0. The van der Waals surface area contributed by atoms with Crippen LogP contribution in [0.5, 0.6) is 0 Å². The molecule has 0 atom stereocenters. The average Bonchev–Trinajstić information content (AvgIpc) is 2.98. The van der Waals surface area contributed by atoms with Crippen molar-refractivity contribution in [3.05, 3.63) is 107 Å². The molecule has 0 unspecified atom stereocenters. The molecular weight excluding hydrogens is 338 g/mol. The SMILES string of the molecule is O=C(/C=C\c1ccc(N2C(=O)c3ccccc3C2=O)cc1)c1ccccc1. The minimum Gasteiger partial charge on any atom is -0.289 e. The van der Waals surface area contributed by atoms with Gasteiger partial charge in [0.2, 0.25) is 0 Å². The maximum atomic E-state index is 12.5. The average molecular weight is 353 g/mol. The summed E-state index contributed by atoms with van der Waals surface area (Å²) in [6.45, 7) is 0. The maximum Gasteiger partial charge on any atom is 0.266 e. The lowest BCUT2D eigenvalue weighted by atomic mass is 10.1. The Morgan fingerprint density at radius 2 is 1.26 bits per heavy atom. The van der Waals surface area contributed by atoms with E-state index >= 15 is 0 Å². The van der Waals surface area contributed by atoms with E-state index in [-0.39, 0.29) is 17.6 Å². The molecule has 2 amide bonds. The summed E-state index contributed by atoms with van der Waals surface area (Å²) in [6, 6.07) is 22.8. The smallest absolute Gasteiger partial charge is 0.266 e. The number of fused-ring (bicyclic) bond motifs is 1. The van der Waals surface area contributed by atoms with Crippen molar-refractivity contribution in [1.29, 1.82) is 0 Å².